The van der Waals surface area contributed by atoms with E-state index in [4.69, 9.17) is 17.0 Å². The van der Waals surface area contributed by atoms with E-state index >= 15 is 0 Å². The third-order valence-corrected chi connectivity index (χ3v) is 4.40. The first-order valence-electron chi connectivity index (χ1n) is 8.62. The molecule has 6 nitrogen and oxygen atoms in total. The van der Waals surface area contributed by atoms with Gasteiger partial charge in [-0.1, -0.05) is 29.8 Å². The lowest BCUT2D eigenvalue weighted by Gasteiger charge is -2.11. The highest BCUT2D eigenvalue weighted by atomic mass is 32.1. The molecule has 0 bridgehead atoms. The van der Waals surface area contributed by atoms with E-state index in [1.54, 1.807) is 10.9 Å². The first kappa shape index (κ1) is 18.8. The van der Waals surface area contributed by atoms with Crippen LogP contribution in [0, 0.1) is 18.6 Å². The summed E-state index contributed by atoms with van der Waals surface area (Å²) in [6.45, 7) is 4.35. The summed E-state index contributed by atoms with van der Waals surface area (Å²) < 4.78 is 7.91. The van der Waals surface area contributed by atoms with Crippen LogP contribution in [0.1, 0.15) is 22.5 Å². The Labute approximate surface area is 164 Å². The van der Waals surface area contributed by atoms with Crippen molar-refractivity contribution in [1.29, 1.82) is 0 Å². The Bertz CT molecular complexity index is 1000. The second kappa shape index (κ2) is 8.18. The number of nitrogens with one attached hydrogen (secondary N) is 1. The largest absolute Gasteiger partial charge is 0.485 e. The summed E-state index contributed by atoms with van der Waals surface area (Å²) in [7, 11) is 4.02. The Kier molecular flexibility index (Phi) is 5.71. The number of ether oxygens (including phenoxy) is 1. The Hall–Kier alpha value is -2.93. The number of H-pyrrole nitrogens is 1. The van der Waals surface area contributed by atoms with Crippen LogP contribution in [0.3, 0.4) is 0 Å². The summed E-state index contributed by atoms with van der Waals surface area (Å²) in [5, 5.41) is 11.5. The fraction of sp³-hybridized carbons (Fsp3) is 0.250. The highest BCUT2D eigenvalue weighted by Gasteiger charge is 2.07. The lowest BCUT2D eigenvalue weighted by Crippen LogP contribution is -2.08. The lowest BCUT2D eigenvalue weighted by molar-refractivity contribution is 0.288. The lowest BCUT2D eigenvalue weighted by atomic mass is 10.1. The van der Waals surface area contributed by atoms with Gasteiger partial charge in [-0.05, 0) is 55.4 Å². The zero-order valence-electron chi connectivity index (χ0n) is 15.9. The molecule has 0 saturated heterocycles. The minimum atomic E-state index is 0.272. The zero-order chi connectivity index (χ0) is 19.4. The molecule has 0 fully saturated rings. The van der Waals surface area contributed by atoms with Gasteiger partial charge < -0.3 is 9.64 Å². The Balaban J connectivity index is 1.75. The van der Waals surface area contributed by atoms with E-state index in [0.717, 1.165) is 22.6 Å². The summed E-state index contributed by atoms with van der Waals surface area (Å²) in [5.74, 6) is 1.44. The third-order valence-electron chi connectivity index (χ3n) is 4.14. The molecule has 0 atom stereocenters. The molecule has 3 aromatic rings. The van der Waals surface area contributed by atoms with Gasteiger partial charge in [-0.25, -0.2) is 5.10 Å². The van der Waals surface area contributed by atoms with Crippen molar-refractivity contribution in [1.82, 2.24) is 14.9 Å². The second-order valence-corrected chi connectivity index (χ2v) is 6.93. The number of hydrogen-bond donors (Lipinski definition) is 1. The van der Waals surface area contributed by atoms with Crippen LogP contribution in [0.15, 0.2) is 47.6 Å². The molecule has 0 spiro atoms. The summed E-state index contributed by atoms with van der Waals surface area (Å²) >= 11 is 5.29. The first-order valence-corrected chi connectivity index (χ1v) is 9.03. The van der Waals surface area contributed by atoms with Gasteiger partial charge in [-0.15, -0.1) is 0 Å². The maximum absolute atomic E-state index is 5.90. The van der Waals surface area contributed by atoms with Gasteiger partial charge in [0, 0.05) is 19.8 Å². The number of benzene rings is 2. The molecule has 7 heteroatoms. The quantitative estimate of drug-likeness (QED) is 0.516. The average Bonchev–Trinajstić information content (AvgIpc) is 2.99. The van der Waals surface area contributed by atoms with E-state index in [2.05, 4.69) is 33.2 Å². The van der Waals surface area contributed by atoms with Gasteiger partial charge in [-0.3, -0.25) is 0 Å². The highest BCUT2D eigenvalue weighted by Crippen LogP contribution is 2.19. The Morgan fingerprint density at radius 2 is 1.93 bits per heavy atom. The van der Waals surface area contributed by atoms with Gasteiger partial charge in [0.2, 0.25) is 4.77 Å². The molecule has 0 amide bonds. The monoisotopic (exact) mass is 381 g/mol. The normalized spacial score (nSPS) is 11.1. The van der Waals surface area contributed by atoms with Crippen LogP contribution in [-0.2, 0) is 6.61 Å². The SMILES string of the molecule is Cc1ccc(OCc2n[nH]c(=S)n2/N=C\c2ccc(N(C)C)cc2)c(C)c1. The molecule has 0 saturated carbocycles. The summed E-state index contributed by atoms with van der Waals surface area (Å²) in [4.78, 5) is 2.05. The van der Waals surface area contributed by atoms with Crippen LogP contribution in [0.25, 0.3) is 0 Å². The number of aryl methyl sites for hydroxylation is 2. The van der Waals surface area contributed by atoms with Crippen molar-refractivity contribution in [3.63, 3.8) is 0 Å². The zero-order valence-corrected chi connectivity index (χ0v) is 16.7. The molecular formula is C20H23N5OS. The number of nitrogens with zero attached hydrogens (tertiary/aromatic N) is 4. The number of aromatic amines is 1. The van der Waals surface area contributed by atoms with Gasteiger partial charge in [-0.2, -0.15) is 14.9 Å². The molecule has 1 heterocycles. The van der Waals surface area contributed by atoms with Gasteiger partial charge in [0.05, 0.1) is 6.21 Å². The predicted molar refractivity (Wildman–Crippen MR) is 111 cm³/mol. The minimum Gasteiger partial charge on any atom is -0.485 e. The van der Waals surface area contributed by atoms with Crippen molar-refractivity contribution in [2.75, 3.05) is 19.0 Å². The molecule has 3 rings (SSSR count). The van der Waals surface area contributed by atoms with Crippen LogP contribution in [0.5, 0.6) is 5.75 Å². The van der Waals surface area contributed by atoms with Crippen molar-refractivity contribution in [3.8, 4) is 5.75 Å². The van der Waals surface area contributed by atoms with Crippen LogP contribution >= 0.6 is 12.2 Å². The number of hydrogen-bond acceptors (Lipinski definition) is 5. The number of rotatable bonds is 6. The Morgan fingerprint density at radius 1 is 1.19 bits per heavy atom. The van der Waals surface area contributed by atoms with E-state index in [9.17, 15) is 0 Å². The molecule has 0 radical (unpaired) electrons. The summed E-state index contributed by atoms with van der Waals surface area (Å²) in [5.41, 5.74) is 4.40. The molecule has 0 aliphatic rings. The minimum absolute atomic E-state index is 0.272. The van der Waals surface area contributed by atoms with E-state index in [1.165, 1.54) is 5.56 Å². The average molecular weight is 382 g/mol. The van der Waals surface area contributed by atoms with Crippen LogP contribution < -0.4 is 9.64 Å². The van der Waals surface area contributed by atoms with Crippen LogP contribution in [0.4, 0.5) is 5.69 Å². The van der Waals surface area contributed by atoms with E-state index in [-0.39, 0.29) is 6.61 Å². The smallest absolute Gasteiger partial charge is 0.216 e. The van der Waals surface area contributed by atoms with Crippen molar-refractivity contribution in [2.24, 2.45) is 5.10 Å². The second-order valence-electron chi connectivity index (χ2n) is 6.54. The van der Waals surface area contributed by atoms with Crippen LogP contribution in [-0.4, -0.2) is 35.2 Å². The molecule has 1 aromatic heterocycles. The standard InChI is InChI=1S/C20H23N5OS/c1-14-5-10-18(15(2)11-14)26-13-19-22-23-20(27)25(19)21-12-16-6-8-17(9-7-16)24(3)4/h5-12H,13H2,1-4H3,(H,23,27)/b21-12-. The van der Waals surface area contributed by atoms with Crippen molar-refractivity contribution >= 4 is 24.1 Å². The first-order chi connectivity index (χ1) is 12.9. The van der Waals surface area contributed by atoms with Gasteiger partial charge in [0.15, 0.2) is 5.82 Å². The molecule has 0 aliphatic heterocycles. The Morgan fingerprint density at radius 3 is 2.59 bits per heavy atom. The van der Waals surface area contributed by atoms with E-state index in [1.807, 2.05) is 57.4 Å². The van der Waals surface area contributed by atoms with Crippen molar-refractivity contribution < 1.29 is 4.74 Å². The molecular weight excluding hydrogens is 358 g/mol. The molecule has 2 aromatic carbocycles. The number of anilines is 1. The predicted octanol–water partition coefficient (Wildman–Crippen LogP) is 4.08. The van der Waals surface area contributed by atoms with Crippen molar-refractivity contribution in [2.45, 2.75) is 20.5 Å². The fourth-order valence-electron chi connectivity index (χ4n) is 2.62. The molecule has 0 aliphatic carbocycles. The van der Waals surface area contributed by atoms with Crippen molar-refractivity contribution in [3.05, 3.63) is 69.8 Å². The maximum atomic E-state index is 5.90. The number of aromatic nitrogens is 3. The molecule has 1 N–H and O–H groups in total. The van der Waals surface area contributed by atoms with Crippen LogP contribution in [0.2, 0.25) is 0 Å². The third kappa shape index (κ3) is 4.62. The molecule has 140 valence electrons. The highest BCUT2D eigenvalue weighted by molar-refractivity contribution is 7.71. The fourth-order valence-corrected chi connectivity index (χ4v) is 2.82. The van der Waals surface area contributed by atoms with Gasteiger partial charge >= 0.3 is 0 Å². The van der Waals surface area contributed by atoms with E-state index < -0.39 is 0 Å². The van der Waals surface area contributed by atoms with Gasteiger partial charge in [0.1, 0.15) is 12.4 Å². The molecule has 27 heavy (non-hydrogen) atoms. The summed E-state index contributed by atoms with van der Waals surface area (Å²) in [6, 6.07) is 14.2. The molecule has 0 unspecified atom stereocenters. The topological polar surface area (TPSA) is 58.4 Å². The maximum Gasteiger partial charge on any atom is 0.216 e. The van der Waals surface area contributed by atoms with Gasteiger partial charge in [0.25, 0.3) is 0 Å². The van der Waals surface area contributed by atoms with E-state index in [0.29, 0.717) is 10.6 Å². The summed E-state index contributed by atoms with van der Waals surface area (Å²) in [6.07, 6.45) is 1.76.